The van der Waals surface area contributed by atoms with Gasteiger partial charge in [-0.15, -0.1) is 0 Å². The summed E-state index contributed by atoms with van der Waals surface area (Å²) in [6.45, 7) is 4.22. The second kappa shape index (κ2) is 7.01. The van der Waals surface area contributed by atoms with Crippen LogP contribution in [0.3, 0.4) is 0 Å². The molecule has 0 aromatic rings. The van der Waals surface area contributed by atoms with Gasteiger partial charge in [-0.1, -0.05) is 38.3 Å². The summed E-state index contributed by atoms with van der Waals surface area (Å²) in [5.74, 6) is 2.36. The van der Waals surface area contributed by atoms with Gasteiger partial charge in [-0.2, -0.15) is 0 Å². The van der Waals surface area contributed by atoms with Crippen LogP contribution >= 0.6 is 0 Å². The Morgan fingerprint density at radius 3 is 2.18 bits per heavy atom. The smallest absolute Gasteiger partial charge is 0.138 e. The lowest BCUT2D eigenvalue weighted by atomic mass is 9.68. The zero-order valence-corrected chi connectivity index (χ0v) is 14.2. The molecule has 0 bridgehead atoms. The van der Waals surface area contributed by atoms with Gasteiger partial charge in [-0.05, 0) is 68.6 Å². The van der Waals surface area contributed by atoms with E-state index in [0.29, 0.717) is 0 Å². The molecule has 5 atom stereocenters. The third-order valence-electron chi connectivity index (χ3n) is 6.86. The molecule has 0 radical (unpaired) electrons. The van der Waals surface area contributed by atoms with Crippen LogP contribution < -0.4 is 0 Å². The average Bonchev–Trinajstić information content (AvgIpc) is 2.54. The number of hydrogen-bond donors (Lipinski definition) is 0. The first-order chi connectivity index (χ1) is 10.6. The van der Waals surface area contributed by atoms with E-state index in [2.05, 4.69) is 13.0 Å². The fourth-order valence-electron chi connectivity index (χ4n) is 5.08. The van der Waals surface area contributed by atoms with Crippen LogP contribution in [0.5, 0.6) is 0 Å². The van der Waals surface area contributed by atoms with Crippen LogP contribution in [0.1, 0.15) is 71.6 Å². The average molecular weight is 310 g/mol. The minimum absolute atomic E-state index is 0.104. The molecule has 0 spiro atoms. The van der Waals surface area contributed by atoms with E-state index in [-0.39, 0.29) is 11.8 Å². The predicted octanol–water partition coefficient (Wildman–Crippen LogP) is 6.26. The zero-order chi connectivity index (χ0) is 15.7. The minimum Gasteiger partial charge on any atom is -0.244 e. The normalized spacial score (nSPS) is 47.1. The van der Waals surface area contributed by atoms with Crippen LogP contribution in [-0.4, -0.2) is 12.3 Å². The minimum atomic E-state index is -1.26. The van der Waals surface area contributed by atoms with Crippen molar-refractivity contribution in [3.8, 4) is 0 Å². The van der Waals surface area contributed by atoms with Crippen molar-refractivity contribution in [3.05, 3.63) is 11.6 Å². The predicted molar refractivity (Wildman–Crippen MR) is 88.2 cm³/mol. The monoisotopic (exact) mass is 310 g/mol. The van der Waals surface area contributed by atoms with Crippen LogP contribution in [0, 0.1) is 29.6 Å². The Bertz CT molecular complexity index is 395. The largest absolute Gasteiger partial charge is 0.244 e. The molecule has 2 heteroatoms. The van der Waals surface area contributed by atoms with E-state index in [1.165, 1.54) is 37.7 Å². The number of alkyl halides is 2. The molecule has 5 unspecified atom stereocenters. The van der Waals surface area contributed by atoms with E-state index in [0.717, 1.165) is 43.4 Å². The van der Waals surface area contributed by atoms with E-state index in [1.54, 1.807) is 0 Å². The molecule has 0 N–H and O–H groups in total. The molecule has 0 nitrogen and oxygen atoms in total. The maximum Gasteiger partial charge on any atom is 0.138 e. The maximum atomic E-state index is 14.4. The summed E-state index contributed by atoms with van der Waals surface area (Å²) >= 11 is 0. The Balaban J connectivity index is 1.57. The number of halogens is 2. The van der Waals surface area contributed by atoms with Gasteiger partial charge in [0.25, 0.3) is 0 Å². The van der Waals surface area contributed by atoms with Gasteiger partial charge in [0, 0.05) is 5.92 Å². The zero-order valence-electron chi connectivity index (χ0n) is 14.2. The highest BCUT2D eigenvalue weighted by Crippen LogP contribution is 2.44. The highest BCUT2D eigenvalue weighted by atomic mass is 19.2. The molecule has 0 aromatic carbocycles. The first kappa shape index (κ1) is 16.5. The number of allylic oxidation sites excluding steroid dienone is 2. The Labute approximate surface area is 134 Å². The van der Waals surface area contributed by atoms with E-state index < -0.39 is 12.3 Å². The number of rotatable bonds is 2. The standard InChI is InChI=1S/C20H32F2/c1-13-3-6-15(7-4-13)16-8-10-17(11-9-16)18-12-5-14(2)19(21)20(18)22/h10,13-16,18-20H,3-9,11-12H2,1-2H3. The van der Waals surface area contributed by atoms with Crippen LogP contribution in [0.15, 0.2) is 11.6 Å². The molecular formula is C20H32F2. The van der Waals surface area contributed by atoms with Crippen LogP contribution in [-0.2, 0) is 0 Å². The molecule has 2 saturated carbocycles. The first-order valence-electron chi connectivity index (χ1n) is 9.53. The SMILES string of the molecule is CC1CCC(C2CC=C(C3CCC(C)C(F)C3F)CC2)CC1. The molecule has 0 aliphatic heterocycles. The van der Waals surface area contributed by atoms with Crippen LogP contribution in [0.4, 0.5) is 8.78 Å². The van der Waals surface area contributed by atoms with Gasteiger partial charge < -0.3 is 0 Å². The fraction of sp³-hybridized carbons (Fsp3) is 0.900. The topological polar surface area (TPSA) is 0 Å². The van der Waals surface area contributed by atoms with Crippen molar-refractivity contribution in [2.45, 2.75) is 84.0 Å². The van der Waals surface area contributed by atoms with Gasteiger partial charge in [0.2, 0.25) is 0 Å². The summed E-state index contributed by atoms with van der Waals surface area (Å²) in [5, 5.41) is 0. The molecule has 3 rings (SSSR count). The fourth-order valence-corrected chi connectivity index (χ4v) is 5.08. The second-order valence-electron chi connectivity index (χ2n) is 8.38. The van der Waals surface area contributed by atoms with Crippen molar-refractivity contribution in [1.82, 2.24) is 0 Å². The summed E-state index contributed by atoms with van der Waals surface area (Å²) in [4.78, 5) is 0. The van der Waals surface area contributed by atoms with Gasteiger partial charge in [0.1, 0.15) is 12.3 Å². The molecule has 3 aliphatic rings. The van der Waals surface area contributed by atoms with Crippen molar-refractivity contribution in [1.29, 1.82) is 0 Å². The van der Waals surface area contributed by atoms with Crippen molar-refractivity contribution >= 4 is 0 Å². The van der Waals surface area contributed by atoms with Crippen molar-refractivity contribution in [2.24, 2.45) is 29.6 Å². The van der Waals surface area contributed by atoms with E-state index in [1.807, 2.05) is 6.92 Å². The van der Waals surface area contributed by atoms with Gasteiger partial charge in [-0.3, -0.25) is 0 Å². The summed E-state index contributed by atoms with van der Waals surface area (Å²) in [6, 6.07) is 0. The van der Waals surface area contributed by atoms with Crippen LogP contribution in [0.2, 0.25) is 0 Å². The third-order valence-corrected chi connectivity index (χ3v) is 6.86. The molecule has 22 heavy (non-hydrogen) atoms. The lowest BCUT2D eigenvalue weighted by Gasteiger charge is -2.38. The van der Waals surface area contributed by atoms with Gasteiger partial charge >= 0.3 is 0 Å². The van der Waals surface area contributed by atoms with Gasteiger partial charge in [-0.25, -0.2) is 8.78 Å². The Hall–Kier alpha value is -0.400. The summed E-state index contributed by atoms with van der Waals surface area (Å²) in [7, 11) is 0. The lowest BCUT2D eigenvalue weighted by Crippen LogP contribution is -2.38. The molecule has 0 saturated heterocycles. The second-order valence-corrected chi connectivity index (χ2v) is 8.38. The highest BCUT2D eigenvalue weighted by Gasteiger charge is 2.40. The van der Waals surface area contributed by atoms with Gasteiger partial charge in [0.05, 0.1) is 0 Å². The van der Waals surface area contributed by atoms with Crippen molar-refractivity contribution in [3.63, 3.8) is 0 Å². The molecule has 0 aromatic heterocycles. The number of hydrogen-bond acceptors (Lipinski definition) is 0. The molecule has 0 heterocycles. The molecular weight excluding hydrogens is 278 g/mol. The summed E-state index contributed by atoms with van der Waals surface area (Å²) in [5.41, 5.74) is 1.24. The first-order valence-corrected chi connectivity index (χ1v) is 9.53. The molecule has 126 valence electrons. The quantitative estimate of drug-likeness (QED) is 0.528. The van der Waals surface area contributed by atoms with Crippen LogP contribution in [0.25, 0.3) is 0 Å². The Morgan fingerprint density at radius 2 is 1.55 bits per heavy atom. The third kappa shape index (κ3) is 3.41. The lowest BCUT2D eigenvalue weighted by molar-refractivity contribution is 0.0402. The summed E-state index contributed by atoms with van der Waals surface area (Å²) in [6.07, 6.45) is 10.3. The van der Waals surface area contributed by atoms with Crippen molar-refractivity contribution in [2.75, 3.05) is 0 Å². The van der Waals surface area contributed by atoms with E-state index >= 15 is 0 Å². The van der Waals surface area contributed by atoms with E-state index in [4.69, 9.17) is 0 Å². The Morgan fingerprint density at radius 1 is 0.818 bits per heavy atom. The van der Waals surface area contributed by atoms with Gasteiger partial charge in [0.15, 0.2) is 0 Å². The molecule has 0 amide bonds. The van der Waals surface area contributed by atoms with E-state index in [9.17, 15) is 8.78 Å². The molecule has 3 aliphatic carbocycles. The maximum absolute atomic E-state index is 14.4. The highest BCUT2D eigenvalue weighted by molar-refractivity contribution is 5.15. The van der Waals surface area contributed by atoms with Crippen molar-refractivity contribution < 1.29 is 8.78 Å². The Kier molecular flexibility index (Phi) is 5.24. The molecule has 2 fully saturated rings. The summed E-state index contributed by atoms with van der Waals surface area (Å²) < 4.78 is 28.3.